The van der Waals surface area contributed by atoms with Crippen molar-refractivity contribution in [3.63, 3.8) is 0 Å². The van der Waals surface area contributed by atoms with Crippen LogP contribution in [0.25, 0.3) is 0 Å². The third kappa shape index (κ3) is 3.28. The molecule has 1 heterocycles. The van der Waals surface area contributed by atoms with Crippen molar-refractivity contribution in [2.75, 3.05) is 5.32 Å². The van der Waals surface area contributed by atoms with Crippen molar-refractivity contribution in [2.24, 2.45) is 5.73 Å². The topological polar surface area (TPSA) is 55.1 Å². The Morgan fingerprint density at radius 3 is 2.74 bits per heavy atom. The van der Waals surface area contributed by atoms with Crippen LogP contribution in [0.3, 0.4) is 0 Å². The molecule has 0 radical (unpaired) electrons. The molecule has 100 valence electrons. The molecule has 1 aromatic heterocycles. The molecule has 0 bridgehead atoms. The number of thiophene rings is 1. The molecule has 0 aliphatic carbocycles. The summed E-state index contributed by atoms with van der Waals surface area (Å²) in [6.45, 7) is 1.84. The molecule has 1 aromatic carbocycles. The Bertz CT molecular complexity index is 599. The Labute approximate surface area is 125 Å². The molecule has 0 spiro atoms. The van der Waals surface area contributed by atoms with Crippen LogP contribution in [-0.2, 0) is 4.79 Å². The maximum absolute atomic E-state index is 12.0. The number of amides is 1. The maximum Gasteiger partial charge on any atom is 0.246 e. The number of anilines is 1. The fraction of sp³-hybridized carbons (Fsp3) is 0.154. The molecule has 1 amide bonds. The van der Waals surface area contributed by atoms with Gasteiger partial charge in [0, 0.05) is 9.90 Å². The van der Waals surface area contributed by atoms with Crippen LogP contribution >= 0.6 is 34.5 Å². The number of carbonyl (C=O) groups excluding carboxylic acids is 1. The minimum Gasteiger partial charge on any atom is -0.323 e. The van der Waals surface area contributed by atoms with E-state index in [9.17, 15) is 4.79 Å². The van der Waals surface area contributed by atoms with E-state index in [0.29, 0.717) is 15.7 Å². The second-order valence-corrected chi connectivity index (χ2v) is 5.86. The second-order valence-electron chi connectivity index (χ2n) is 4.06. The summed E-state index contributed by atoms with van der Waals surface area (Å²) < 4.78 is 0. The molecule has 2 rings (SSSR count). The zero-order valence-electron chi connectivity index (χ0n) is 10.1. The van der Waals surface area contributed by atoms with E-state index in [1.165, 1.54) is 11.3 Å². The predicted octanol–water partition coefficient (Wildman–Crippen LogP) is 4.00. The molecule has 0 fully saturated rings. The van der Waals surface area contributed by atoms with Gasteiger partial charge in [-0.05, 0) is 36.1 Å². The van der Waals surface area contributed by atoms with E-state index in [4.69, 9.17) is 28.9 Å². The summed E-state index contributed by atoms with van der Waals surface area (Å²) in [5.41, 5.74) is 7.19. The van der Waals surface area contributed by atoms with Crippen LogP contribution in [0.5, 0.6) is 0 Å². The lowest BCUT2D eigenvalue weighted by Crippen LogP contribution is -2.27. The Balaban J connectivity index is 2.17. The number of nitrogens with two attached hydrogens (primary N) is 1. The van der Waals surface area contributed by atoms with Gasteiger partial charge in [0.2, 0.25) is 5.91 Å². The summed E-state index contributed by atoms with van der Waals surface area (Å²) in [6, 6.07) is 6.28. The normalized spacial score (nSPS) is 12.2. The van der Waals surface area contributed by atoms with Crippen LogP contribution in [-0.4, -0.2) is 5.91 Å². The number of aryl methyl sites for hydroxylation is 1. The Morgan fingerprint density at radius 1 is 1.37 bits per heavy atom. The summed E-state index contributed by atoms with van der Waals surface area (Å²) in [7, 11) is 0. The van der Waals surface area contributed by atoms with Crippen LogP contribution in [0.1, 0.15) is 16.5 Å². The molecular formula is C13H12Cl2N2OS. The predicted molar refractivity (Wildman–Crippen MR) is 81.1 cm³/mol. The van der Waals surface area contributed by atoms with Gasteiger partial charge < -0.3 is 11.1 Å². The number of benzene rings is 1. The first-order valence-electron chi connectivity index (χ1n) is 5.54. The lowest BCUT2D eigenvalue weighted by Gasteiger charge is -2.13. The van der Waals surface area contributed by atoms with Gasteiger partial charge in [-0.3, -0.25) is 4.79 Å². The SMILES string of the molecule is Cc1cc(Cl)c(NC(=O)C(N)c2cccs2)cc1Cl. The maximum atomic E-state index is 12.0. The number of nitrogens with one attached hydrogen (secondary N) is 1. The minimum absolute atomic E-state index is 0.315. The van der Waals surface area contributed by atoms with E-state index in [0.717, 1.165) is 10.4 Å². The molecule has 3 N–H and O–H groups in total. The van der Waals surface area contributed by atoms with Crippen LogP contribution in [0.15, 0.2) is 29.6 Å². The van der Waals surface area contributed by atoms with Gasteiger partial charge in [0.1, 0.15) is 6.04 Å². The monoisotopic (exact) mass is 314 g/mol. The van der Waals surface area contributed by atoms with Crippen LogP contribution in [0.2, 0.25) is 10.0 Å². The van der Waals surface area contributed by atoms with E-state index in [1.807, 2.05) is 24.4 Å². The quantitative estimate of drug-likeness (QED) is 0.899. The fourth-order valence-corrected chi connectivity index (χ4v) is 2.70. The molecule has 2 aromatic rings. The zero-order valence-corrected chi connectivity index (χ0v) is 12.4. The van der Waals surface area contributed by atoms with Crippen LogP contribution in [0.4, 0.5) is 5.69 Å². The summed E-state index contributed by atoms with van der Waals surface area (Å²) >= 11 is 13.5. The van der Waals surface area contributed by atoms with Crippen molar-refractivity contribution in [1.82, 2.24) is 0 Å². The zero-order chi connectivity index (χ0) is 14.0. The standard InChI is InChI=1S/C13H12Cl2N2OS/c1-7-5-9(15)10(6-8(7)14)17-13(18)12(16)11-3-2-4-19-11/h2-6,12H,16H2,1H3,(H,17,18). The van der Waals surface area contributed by atoms with Crippen molar-refractivity contribution in [1.29, 1.82) is 0 Å². The molecule has 19 heavy (non-hydrogen) atoms. The minimum atomic E-state index is -0.712. The molecule has 6 heteroatoms. The average Bonchev–Trinajstić information content (AvgIpc) is 2.88. The van der Waals surface area contributed by atoms with E-state index in [2.05, 4.69) is 5.32 Å². The lowest BCUT2D eigenvalue weighted by molar-refractivity contribution is -0.117. The van der Waals surface area contributed by atoms with Crippen LogP contribution in [0, 0.1) is 6.92 Å². The molecule has 0 saturated heterocycles. The molecule has 0 aliphatic rings. The highest BCUT2D eigenvalue weighted by atomic mass is 35.5. The second kappa shape index (κ2) is 5.92. The Morgan fingerprint density at radius 2 is 2.11 bits per heavy atom. The van der Waals surface area contributed by atoms with Crippen molar-refractivity contribution in [3.8, 4) is 0 Å². The smallest absolute Gasteiger partial charge is 0.246 e. The molecule has 3 nitrogen and oxygen atoms in total. The van der Waals surface area contributed by atoms with Gasteiger partial charge in [0.05, 0.1) is 10.7 Å². The molecule has 0 aliphatic heterocycles. The fourth-order valence-electron chi connectivity index (χ4n) is 1.55. The van der Waals surface area contributed by atoms with Gasteiger partial charge in [0.15, 0.2) is 0 Å². The summed E-state index contributed by atoms with van der Waals surface area (Å²) in [6.07, 6.45) is 0. The first-order chi connectivity index (χ1) is 8.99. The van der Waals surface area contributed by atoms with Gasteiger partial charge in [0.25, 0.3) is 0 Å². The van der Waals surface area contributed by atoms with Crippen molar-refractivity contribution < 1.29 is 4.79 Å². The largest absolute Gasteiger partial charge is 0.323 e. The lowest BCUT2D eigenvalue weighted by atomic mass is 10.2. The third-order valence-corrected chi connectivity index (χ3v) is 4.31. The number of halogens is 2. The van der Waals surface area contributed by atoms with E-state index < -0.39 is 6.04 Å². The molecule has 0 saturated carbocycles. The average molecular weight is 315 g/mol. The van der Waals surface area contributed by atoms with Crippen LogP contribution < -0.4 is 11.1 Å². The van der Waals surface area contributed by atoms with Crippen molar-refractivity contribution >= 4 is 46.1 Å². The molecule has 1 unspecified atom stereocenters. The third-order valence-electron chi connectivity index (χ3n) is 2.64. The van der Waals surface area contributed by atoms with E-state index in [-0.39, 0.29) is 5.91 Å². The van der Waals surface area contributed by atoms with Gasteiger partial charge in [-0.1, -0.05) is 29.3 Å². The van der Waals surface area contributed by atoms with Gasteiger partial charge >= 0.3 is 0 Å². The van der Waals surface area contributed by atoms with Crippen molar-refractivity contribution in [3.05, 3.63) is 50.1 Å². The number of carbonyl (C=O) groups is 1. The van der Waals surface area contributed by atoms with Gasteiger partial charge in [-0.2, -0.15) is 0 Å². The number of hydrogen-bond acceptors (Lipinski definition) is 3. The highest BCUT2D eigenvalue weighted by molar-refractivity contribution is 7.10. The summed E-state index contributed by atoms with van der Waals surface area (Å²) in [4.78, 5) is 12.8. The van der Waals surface area contributed by atoms with E-state index >= 15 is 0 Å². The first-order valence-corrected chi connectivity index (χ1v) is 7.18. The first kappa shape index (κ1) is 14.3. The summed E-state index contributed by atoms with van der Waals surface area (Å²) in [5, 5.41) is 5.55. The highest BCUT2D eigenvalue weighted by Gasteiger charge is 2.18. The van der Waals surface area contributed by atoms with Crippen molar-refractivity contribution in [2.45, 2.75) is 13.0 Å². The number of rotatable bonds is 3. The Kier molecular flexibility index (Phi) is 4.47. The molecular weight excluding hydrogens is 303 g/mol. The highest BCUT2D eigenvalue weighted by Crippen LogP contribution is 2.29. The van der Waals surface area contributed by atoms with Gasteiger partial charge in [-0.25, -0.2) is 0 Å². The Hall–Kier alpha value is -1.07. The summed E-state index contributed by atoms with van der Waals surface area (Å²) in [5.74, 6) is -0.315. The number of hydrogen-bond donors (Lipinski definition) is 2. The van der Waals surface area contributed by atoms with E-state index in [1.54, 1.807) is 12.1 Å². The van der Waals surface area contributed by atoms with Gasteiger partial charge in [-0.15, -0.1) is 11.3 Å². The molecule has 1 atom stereocenters.